The largest absolute Gasteiger partial charge is 0.467 e. The summed E-state index contributed by atoms with van der Waals surface area (Å²) in [6, 6.07) is 2.08. The van der Waals surface area contributed by atoms with E-state index in [1.54, 1.807) is 11.1 Å². The third kappa shape index (κ3) is 2.87. The van der Waals surface area contributed by atoms with Crippen LogP contribution in [0.1, 0.15) is 34.7 Å². The SMILES string of the molecule is COc1ncc(C(=O)N2CCC(c3c(F)cnc4[nH]ccc34)CC2)cn1. The molecule has 1 aliphatic rings. The van der Waals surface area contributed by atoms with Gasteiger partial charge in [0, 0.05) is 42.6 Å². The fourth-order valence-corrected chi connectivity index (χ4v) is 3.50. The number of hydrogen-bond donors (Lipinski definition) is 1. The summed E-state index contributed by atoms with van der Waals surface area (Å²) in [6.45, 7) is 1.12. The van der Waals surface area contributed by atoms with Gasteiger partial charge < -0.3 is 14.6 Å². The van der Waals surface area contributed by atoms with Gasteiger partial charge in [0.1, 0.15) is 11.5 Å². The summed E-state index contributed by atoms with van der Waals surface area (Å²) in [5.74, 6) is -0.342. The van der Waals surface area contributed by atoms with Crippen LogP contribution in [0.3, 0.4) is 0 Å². The van der Waals surface area contributed by atoms with E-state index < -0.39 is 0 Å². The molecule has 1 amide bonds. The predicted molar refractivity (Wildman–Crippen MR) is 92.5 cm³/mol. The Morgan fingerprint density at radius 2 is 1.96 bits per heavy atom. The zero-order valence-electron chi connectivity index (χ0n) is 14.3. The van der Waals surface area contributed by atoms with Crippen LogP contribution < -0.4 is 4.74 Å². The molecule has 1 saturated heterocycles. The number of ether oxygens (including phenoxy) is 1. The highest BCUT2D eigenvalue weighted by atomic mass is 19.1. The molecule has 0 spiro atoms. The van der Waals surface area contributed by atoms with E-state index in [0.717, 1.165) is 5.39 Å². The van der Waals surface area contributed by atoms with Gasteiger partial charge in [0.25, 0.3) is 5.91 Å². The second-order valence-corrected chi connectivity index (χ2v) is 6.28. The molecule has 26 heavy (non-hydrogen) atoms. The van der Waals surface area contributed by atoms with Gasteiger partial charge in [-0.3, -0.25) is 4.79 Å². The van der Waals surface area contributed by atoms with Crippen molar-refractivity contribution in [2.45, 2.75) is 18.8 Å². The van der Waals surface area contributed by atoms with Crippen LogP contribution in [0.25, 0.3) is 11.0 Å². The number of carbonyl (C=O) groups is 1. The van der Waals surface area contributed by atoms with Crippen molar-refractivity contribution in [3.8, 4) is 6.01 Å². The lowest BCUT2D eigenvalue weighted by Gasteiger charge is -2.32. The molecule has 4 rings (SSSR count). The first-order chi connectivity index (χ1) is 12.7. The van der Waals surface area contributed by atoms with Crippen LogP contribution in [-0.4, -0.2) is 50.9 Å². The highest BCUT2D eigenvalue weighted by Gasteiger charge is 2.28. The van der Waals surface area contributed by atoms with E-state index in [9.17, 15) is 9.18 Å². The Bertz CT molecular complexity index is 932. The molecule has 134 valence electrons. The van der Waals surface area contributed by atoms with Gasteiger partial charge >= 0.3 is 6.01 Å². The molecule has 4 heterocycles. The second kappa shape index (κ2) is 6.70. The number of aromatic amines is 1. The average Bonchev–Trinajstić information content (AvgIpc) is 3.16. The first-order valence-corrected chi connectivity index (χ1v) is 8.44. The Morgan fingerprint density at radius 1 is 1.23 bits per heavy atom. The third-order valence-corrected chi connectivity index (χ3v) is 4.83. The van der Waals surface area contributed by atoms with Gasteiger partial charge in [-0.15, -0.1) is 0 Å². The minimum absolute atomic E-state index is 0.0625. The fraction of sp³-hybridized carbons (Fsp3) is 0.333. The van der Waals surface area contributed by atoms with Crippen molar-refractivity contribution in [2.24, 2.45) is 0 Å². The van der Waals surface area contributed by atoms with Crippen LogP contribution >= 0.6 is 0 Å². The molecule has 0 saturated carbocycles. The standard InChI is InChI=1S/C18H18FN5O2/c1-26-18-22-8-12(9-23-18)17(25)24-6-3-11(4-7-24)15-13-2-5-20-16(13)21-10-14(15)19/h2,5,8-11H,3-4,6-7H2,1H3,(H,20,21). The topological polar surface area (TPSA) is 84.0 Å². The van der Waals surface area contributed by atoms with Crippen molar-refractivity contribution in [3.05, 3.63) is 47.8 Å². The summed E-state index contributed by atoms with van der Waals surface area (Å²) in [6.07, 6.45) is 7.36. The molecule has 0 atom stereocenters. The van der Waals surface area contributed by atoms with Gasteiger partial charge in [-0.05, 0) is 24.8 Å². The number of aromatic nitrogens is 4. The maximum Gasteiger partial charge on any atom is 0.316 e. The molecule has 1 N–H and O–H groups in total. The zero-order chi connectivity index (χ0) is 18.1. The van der Waals surface area contributed by atoms with E-state index in [0.29, 0.717) is 42.7 Å². The normalized spacial score (nSPS) is 15.4. The smallest absolute Gasteiger partial charge is 0.316 e. The number of likely N-dealkylation sites (tertiary alicyclic amines) is 1. The van der Waals surface area contributed by atoms with Crippen molar-refractivity contribution in [2.75, 3.05) is 20.2 Å². The summed E-state index contributed by atoms with van der Waals surface area (Å²) in [5, 5.41) is 0.818. The molecule has 0 aliphatic carbocycles. The summed E-state index contributed by atoms with van der Waals surface area (Å²) >= 11 is 0. The lowest BCUT2D eigenvalue weighted by atomic mass is 9.88. The van der Waals surface area contributed by atoms with Gasteiger partial charge in [-0.2, -0.15) is 0 Å². The molecule has 0 bridgehead atoms. The van der Waals surface area contributed by atoms with E-state index >= 15 is 0 Å². The van der Waals surface area contributed by atoms with E-state index in [4.69, 9.17) is 4.74 Å². The Morgan fingerprint density at radius 3 is 2.65 bits per heavy atom. The number of carbonyl (C=O) groups excluding carboxylic acids is 1. The number of hydrogen-bond acceptors (Lipinski definition) is 5. The van der Waals surface area contributed by atoms with Gasteiger partial charge in [-0.1, -0.05) is 0 Å². The average molecular weight is 355 g/mol. The molecular formula is C18H18FN5O2. The number of pyridine rings is 1. The van der Waals surface area contributed by atoms with Crippen molar-refractivity contribution in [1.82, 2.24) is 24.8 Å². The molecule has 3 aromatic rings. The van der Waals surface area contributed by atoms with Crippen LogP contribution in [-0.2, 0) is 0 Å². The highest BCUT2D eigenvalue weighted by molar-refractivity contribution is 5.93. The number of fused-ring (bicyclic) bond motifs is 1. The summed E-state index contributed by atoms with van der Waals surface area (Å²) in [4.78, 5) is 29.4. The number of H-pyrrole nitrogens is 1. The Hall–Kier alpha value is -3.03. The van der Waals surface area contributed by atoms with Gasteiger partial charge in [0.05, 0.1) is 18.9 Å². The number of nitrogens with zero attached hydrogens (tertiary/aromatic N) is 4. The molecule has 0 radical (unpaired) electrons. The van der Waals surface area contributed by atoms with Crippen LogP contribution in [0, 0.1) is 5.82 Å². The number of halogens is 1. The minimum Gasteiger partial charge on any atom is -0.467 e. The summed E-state index contributed by atoms with van der Waals surface area (Å²) in [5.41, 5.74) is 1.80. The van der Waals surface area contributed by atoms with Crippen molar-refractivity contribution in [3.63, 3.8) is 0 Å². The summed E-state index contributed by atoms with van der Waals surface area (Å²) in [7, 11) is 1.47. The van der Waals surface area contributed by atoms with Gasteiger partial charge in [0.2, 0.25) is 0 Å². The molecular weight excluding hydrogens is 337 g/mol. The minimum atomic E-state index is -0.287. The quantitative estimate of drug-likeness (QED) is 0.780. The Kier molecular flexibility index (Phi) is 4.24. The Balaban J connectivity index is 1.49. The van der Waals surface area contributed by atoms with Crippen LogP contribution in [0.2, 0.25) is 0 Å². The lowest BCUT2D eigenvalue weighted by Crippen LogP contribution is -2.38. The molecule has 1 fully saturated rings. The molecule has 8 heteroatoms. The van der Waals surface area contributed by atoms with Crippen LogP contribution in [0.4, 0.5) is 4.39 Å². The monoisotopic (exact) mass is 355 g/mol. The number of amides is 1. The second-order valence-electron chi connectivity index (χ2n) is 6.28. The third-order valence-electron chi connectivity index (χ3n) is 4.83. The first-order valence-electron chi connectivity index (χ1n) is 8.44. The number of piperidine rings is 1. The molecule has 0 aromatic carbocycles. The maximum absolute atomic E-state index is 14.4. The number of nitrogens with one attached hydrogen (secondary N) is 1. The van der Waals surface area contributed by atoms with E-state index in [1.807, 2.05) is 6.07 Å². The zero-order valence-corrected chi connectivity index (χ0v) is 14.3. The highest BCUT2D eigenvalue weighted by Crippen LogP contribution is 2.34. The van der Waals surface area contributed by atoms with Crippen LogP contribution in [0.15, 0.2) is 30.9 Å². The molecule has 0 unspecified atom stereocenters. The molecule has 1 aliphatic heterocycles. The van der Waals surface area contributed by atoms with Gasteiger partial charge in [0.15, 0.2) is 0 Å². The fourth-order valence-electron chi connectivity index (χ4n) is 3.50. The number of methoxy groups -OCH3 is 1. The van der Waals surface area contributed by atoms with E-state index in [-0.39, 0.29) is 23.7 Å². The first kappa shape index (κ1) is 16.4. The van der Waals surface area contributed by atoms with Gasteiger partial charge in [-0.25, -0.2) is 19.3 Å². The lowest BCUT2D eigenvalue weighted by molar-refractivity contribution is 0.0711. The van der Waals surface area contributed by atoms with Crippen LogP contribution in [0.5, 0.6) is 6.01 Å². The molecule has 7 nitrogen and oxygen atoms in total. The molecule has 3 aromatic heterocycles. The van der Waals surface area contributed by atoms with Crippen molar-refractivity contribution in [1.29, 1.82) is 0 Å². The van der Waals surface area contributed by atoms with Crippen molar-refractivity contribution >= 4 is 16.9 Å². The maximum atomic E-state index is 14.4. The predicted octanol–water partition coefficient (Wildman–Crippen LogP) is 2.52. The summed E-state index contributed by atoms with van der Waals surface area (Å²) < 4.78 is 19.3. The Labute approximate surface area is 149 Å². The number of rotatable bonds is 3. The van der Waals surface area contributed by atoms with E-state index in [1.165, 1.54) is 25.7 Å². The van der Waals surface area contributed by atoms with Crippen molar-refractivity contribution < 1.29 is 13.9 Å². The van der Waals surface area contributed by atoms with E-state index in [2.05, 4.69) is 19.9 Å².